The van der Waals surface area contributed by atoms with Crippen molar-refractivity contribution in [2.24, 2.45) is 0 Å². The highest BCUT2D eigenvalue weighted by Gasteiger charge is 2.42. The second-order valence-corrected chi connectivity index (χ2v) is 9.30. The molecule has 1 unspecified atom stereocenters. The number of piperidine rings is 1. The van der Waals surface area contributed by atoms with Gasteiger partial charge in [0.15, 0.2) is 0 Å². The van der Waals surface area contributed by atoms with E-state index in [-0.39, 0.29) is 0 Å². The summed E-state index contributed by atoms with van der Waals surface area (Å²) in [5.74, 6) is 0.477. The number of ether oxygens (including phenoxy) is 2. The Balaban J connectivity index is 1.22. The van der Waals surface area contributed by atoms with Crippen LogP contribution in [0.1, 0.15) is 37.7 Å². The number of fused-ring (bicyclic) bond motifs is 1. The van der Waals surface area contributed by atoms with E-state index in [2.05, 4.69) is 28.0 Å². The van der Waals surface area contributed by atoms with Crippen LogP contribution < -0.4 is 9.64 Å². The van der Waals surface area contributed by atoms with Gasteiger partial charge in [-0.2, -0.15) is 0 Å². The van der Waals surface area contributed by atoms with Crippen LogP contribution in [0.25, 0.3) is 0 Å². The first-order valence-electron chi connectivity index (χ1n) is 10.4. The SMILES string of the molecule is O=S([O-])N1CCN(c2ccc3c(c2)COC2(CCN(C4CCC4)CC2)O3)CC1. The van der Waals surface area contributed by atoms with Crippen LogP contribution in [-0.4, -0.2) is 69.1 Å². The molecule has 1 atom stereocenters. The molecule has 1 saturated carbocycles. The van der Waals surface area contributed by atoms with Crippen LogP contribution in [0.4, 0.5) is 5.69 Å². The van der Waals surface area contributed by atoms with Crippen LogP contribution in [0.2, 0.25) is 0 Å². The molecular weight excluding hydrogens is 378 g/mol. The number of hydrogen-bond donors (Lipinski definition) is 0. The summed E-state index contributed by atoms with van der Waals surface area (Å²) in [5.41, 5.74) is 2.19. The first-order valence-corrected chi connectivity index (χ1v) is 11.4. The molecule has 28 heavy (non-hydrogen) atoms. The van der Waals surface area contributed by atoms with Crippen molar-refractivity contribution in [2.75, 3.05) is 44.2 Å². The van der Waals surface area contributed by atoms with Crippen molar-refractivity contribution in [1.29, 1.82) is 0 Å². The quantitative estimate of drug-likeness (QED) is 0.714. The smallest absolute Gasteiger partial charge is 0.213 e. The van der Waals surface area contributed by atoms with Gasteiger partial charge in [0, 0.05) is 80.7 Å². The third-order valence-electron chi connectivity index (χ3n) is 6.80. The molecule has 3 fully saturated rings. The molecular formula is C20H28N3O4S-. The van der Waals surface area contributed by atoms with Gasteiger partial charge in [0.1, 0.15) is 5.75 Å². The molecule has 7 nitrogen and oxygen atoms in total. The van der Waals surface area contributed by atoms with E-state index in [4.69, 9.17) is 9.47 Å². The summed E-state index contributed by atoms with van der Waals surface area (Å²) in [6, 6.07) is 7.07. The second kappa shape index (κ2) is 7.57. The third kappa shape index (κ3) is 3.57. The fourth-order valence-corrected chi connectivity index (χ4v) is 5.20. The Morgan fingerprint density at radius 2 is 1.82 bits per heavy atom. The Morgan fingerprint density at radius 3 is 2.46 bits per heavy atom. The van der Waals surface area contributed by atoms with Crippen molar-refractivity contribution in [3.05, 3.63) is 23.8 Å². The van der Waals surface area contributed by atoms with Gasteiger partial charge in [-0.1, -0.05) is 6.42 Å². The molecule has 3 aliphatic heterocycles. The van der Waals surface area contributed by atoms with Gasteiger partial charge in [0.05, 0.1) is 6.61 Å². The normalized spacial score (nSPS) is 27.1. The zero-order valence-electron chi connectivity index (χ0n) is 16.2. The summed E-state index contributed by atoms with van der Waals surface area (Å²) < 4.78 is 36.3. The predicted octanol–water partition coefficient (Wildman–Crippen LogP) is 1.86. The molecule has 5 rings (SSSR count). The lowest BCUT2D eigenvalue weighted by atomic mass is 9.89. The highest BCUT2D eigenvalue weighted by atomic mass is 32.2. The Bertz CT molecular complexity index is 741. The van der Waals surface area contributed by atoms with E-state index in [1.807, 2.05) is 0 Å². The largest absolute Gasteiger partial charge is 0.760 e. The molecule has 1 aliphatic carbocycles. The van der Waals surface area contributed by atoms with Crippen molar-refractivity contribution in [2.45, 2.75) is 50.5 Å². The van der Waals surface area contributed by atoms with Crippen LogP contribution in [0.5, 0.6) is 5.75 Å². The van der Waals surface area contributed by atoms with Gasteiger partial charge in [-0.25, -0.2) is 4.31 Å². The molecule has 2 saturated heterocycles. The van der Waals surface area contributed by atoms with E-state index in [0.29, 0.717) is 32.8 Å². The molecule has 3 heterocycles. The molecule has 8 heteroatoms. The van der Waals surface area contributed by atoms with Crippen LogP contribution >= 0.6 is 0 Å². The number of anilines is 1. The van der Waals surface area contributed by atoms with Gasteiger partial charge < -0.3 is 18.9 Å². The fraction of sp³-hybridized carbons (Fsp3) is 0.700. The molecule has 0 amide bonds. The lowest BCUT2D eigenvalue weighted by molar-refractivity contribution is -0.231. The van der Waals surface area contributed by atoms with E-state index in [9.17, 15) is 8.76 Å². The maximum absolute atomic E-state index is 11.1. The van der Waals surface area contributed by atoms with Gasteiger partial charge in [-0.05, 0) is 31.0 Å². The molecule has 0 bridgehead atoms. The minimum atomic E-state index is -2.12. The maximum atomic E-state index is 11.1. The van der Waals surface area contributed by atoms with Gasteiger partial charge in [0.25, 0.3) is 0 Å². The number of hydrogen-bond acceptors (Lipinski definition) is 6. The zero-order valence-corrected chi connectivity index (χ0v) is 17.0. The van der Waals surface area contributed by atoms with Crippen molar-refractivity contribution in [3.63, 3.8) is 0 Å². The Hall–Kier alpha value is -1.19. The Morgan fingerprint density at radius 1 is 1.07 bits per heavy atom. The summed E-state index contributed by atoms with van der Waals surface area (Å²) in [6.07, 6.45) is 5.93. The monoisotopic (exact) mass is 406 g/mol. The van der Waals surface area contributed by atoms with Crippen molar-refractivity contribution >= 4 is 17.0 Å². The molecule has 1 spiro atoms. The van der Waals surface area contributed by atoms with E-state index >= 15 is 0 Å². The molecule has 1 aromatic carbocycles. The maximum Gasteiger partial charge on any atom is 0.213 e. The first kappa shape index (κ1) is 18.8. The summed E-state index contributed by atoms with van der Waals surface area (Å²) in [4.78, 5) is 4.83. The van der Waals surface area contributed by atoms with Gasteiger partial charge in [-0.3, -0.25) is 9.11 Å². The second-order valence-electron chi connectivity index (χ2n) is 8.35. The summed E-state index contributed by atoms with van der Waals surface area (Å²) >= 11 is -2.12. The number of benzene rings is 1. The minimum absolute atomic E-state index is 0.460. The molecule has 4 aliphatic rings. The molecule has 0 N–H and O–H groups in total. The predicted molar refractivity (Wildman–Crippen MR) is 106 cm³/mol. The molecule has 1 aromatic rings. The van der Waals surface area contributed by atoms with Crippen LogP contribution in [0.15, 0.2) is 18.2 Å². The van der Waals surface area contributed by atoms with Crippen molar-refractivity contribution in [3.8, 4) is 5.75 Å². The van der Waals surface area contributed by atoms with Crippen molar-refractivity contribution in [1.82, 2.24) is 9.21 Å². The number of piperazine rings is 1. The molecule has 0 radical (unpaired) electrons. The van der Waals surface area contributed by atoms with E-state index in [1.165, 1.54) is 23.6 Å². The summed E-state index contributed by atoms with van der Waals surface area (Å²) in [6.45, 7) is 5.16. The average Bonchev–Trinajstić information content (AvgIpc) is 2.68. The minimum Gasteiger partial charge on any atom is -0.760 e. The van der Waals surface area contributed by atoms with Crippen LogP contribution in [-0.2, 0) is 22.6 Å². The Kier molecular flexibility index (Phi) is 5.09. The Labute approximate surface area is 169 Å². The van der Waals surface area contributed by atoms with E-state index < -0.39 is 17.1 Å². The molecule has 0 aromatic heterocycles. The highest BCUT2D eigenvalue weighted by Crippen LogP contribution is 2.40. The van der Waals surface area contributed by atoms with Crippen LogP contribution in [0, 0.1) is 0 Å². The van der Waals surface area contributed by atoms with Crippen LogP contribution in [0.3, 0.4) is 0 Å². The summed E-state index contributed by atoms with van der Waals surface area (Å²) in [5, 5.41) is 0. The summed E-state index contributed by atoms with van der Waals surface area (Å²) in [7, 11) is 0. The lowest BCUT2D eigenvalue weighted by Crippen LogP contribution is -2.54. The van der Waals surface area contributed by atoms with E-state index in [0.717, 1.165) is 49.0 Å². The zero-order chi connectivity index (χ0) is 19.1. The topological polar surface area (TPSA) is 68.3 Å². The third-order valence-corrected chi connectivity index (χ3v) is 7.58. The fourth-order valence-electron chi connectivity index (χ4n) is 4.74. The standard InChI is InChI=1S/C20H29N3O4S/c24-28(25)23-12-10-22(11-13-23)18-4-5-19-16(14-18)15-26-20(27-19)6-8-21(9-7-20)17-2-1-3-17/h4-5,14,17H,1-3,6-13,15H2,(H,24,25)/p-1. The van der Waals surface area contributed by atoms with E-state index in [1.54, 1.807) is 0 Å². The number of rotatable bonds is 3. The van der Waals surface area contributed by atoms with Crippen molar-refractivity contribution < 1.29 is 18.2 Å². The first-order chi connectivity index (χ1) is 13.6. The van der Waals surface area contributed by atoms with Gasteiger partial charge in [0.2, 0.25) is 5.79 Å². The lowest BCUT2D eigenvalue weighted by Gasteiger charge is -2.47. The average molecular weight is 407 g/mol. The highest BCUT2D eigenvalue weighted by molar-refractivity contribution is 7.76. The number of nitrogens with zero attached hydrogens (tertiary/aromatic N) is 3. The number of likely N-dealkylation sites (tertiary alicyclic amines) is 1. The molecule has 154 valence electrons. The van der Waals surface area contributed by atoms with Gasteiger partial charge >= 0.3 is 0 Å². The van der Waals surface area contributed by atoms with Gasteiger partial charge in [-0.15, -0.1) is 0 Å².